The summed E-state index contributed by atoms with van der Waals surface area (Å²) >= 11 is 0. The average Bonchev–Trinajstić information content (AvgIpc) is 3.11. The molecule has 6 nitrogen and oxygen atoms in total. The van der Waals surface area contributed by atoms with Crippen LogP contribution in [-0.2, 0) is 6.54 Å². The minimum Gasteiger partial charge on any atom is -0.369 e. The Morgan fingerprint density at radius 2 is 1.90 bits per heavy atom. The zero-order valence-electron chi connectivity index (χ0n) is 17.2. The number of nitrogens with zero attached hydrogens (tertiary/aromatic N) is 3. The van der Waals surface area contributed by atoms with Crippen molar-refractivity contribution in [1.29, 1.82) is 0 Å². The smallest absolute Gasteiger partial charge is 0.131 e. The molecule has 0 bridgehead atoms. The van der Waals surface area contributed by atoms with Crippen LogP contribution in [0.2, 0.25) is 0 Å². The second-order valence-electron chi connectivity index (χ2n) is 8.42. The molecule has 0 saturated carbocycles. The van der Waals surface area contributed by atoms with Gasteiger partial charge in [-0.05, 0) is 37.1 Å². The first kappa shape index (κ1) is 19.6. The normalized spacial score (nSPS) is 22.1. The van der Waals surface area contributed by atoms with Crippen molar-refractivity contribution < 1.29 is 9.11 Å². The van der Waals surface area contributed by atoms with Crippen LogP contribution in [0.3, 0.4) is 0 Å². The molecule has 0 radical (unpaired) electrons. The predicted octanol–water partition coefficient (Wildman–Crippen LogP) is 4.21. The molecule has 1 atom stereocenters. The first-order valence-electron chi connectivity index (χ1n) is 10.4. The van der Waals surface area contributed by atoms with Gasteiger partial charge in [-0.1, -0.05) is 29.8 Å². The first-order valence-corrected chi connectivity index (χ1v) is 12.1. The molecule has 0 spiro atoms. The molecular formula is C23H28N4O2S. The van der Waals surface area contributed by atoms with E-state index in [2.05, 4.69) is 41.0 Å². The van der Waals surface area contributed by atoms with E-state index in [0.29, 0.717) is 23.7 Å². The van der Waals surface area contributed by atoms with E-state index in [1.54, 1.807) is 0 Å². The Labute approximate surface area is 178 Å². The number of rotatable bonds is 2. The van der Waals surface area contributed by atoms with Crippen LogP contribution in [0.25, 0.3) is 10.9 Å². The number of nitrogens with two attached hydrogens (primary N) is 1. The van der Waals surface area contributed by atoms with Gasteiger partial charge in [-0.3, -0.25) is 9.11 Å². The lowest BCUT2D eigenvalue weighted by atomic mass is 10.1. The molecule has 30 heavy (non-hydrogen) atoms. The van der Waals surface area contributed by atoms with Gasteiger partial charge in [0.25, 0.3) is 0 Å². The highest BCUT2D eigenvalue weighted by molar-refractivity contribution is 8.24. The lowest BCUT2D eigenvalue weighted by Gasteiger charge is -2.32. The van der Waals surface area contributed by atoms with Crippen LogP contribution >= 0.6 is 10.6 Å². The summed E-state index contributed by atoms with van der Waals surface area (Å²) in [5.74, 6) is 1.18. The highest BCUT2D eigenvalue weighted by atomic mass is 32.3. The molecule has 7 heteroatoms. The minimum atomic E-state index is -2.80. The summed E-state index contributed by atoms with van der Waals surface area (Å²) in [5.41, 5.74) is 10.5. The molecule has 158 valence electrons. The summed E-state index contributed by atoms with van der Waals surface area (Å²) in [4.78, 5) is 10.2. The fraction of sp³-hybridized carbons (Fsp3) is 0.348. The number of benzene rings is 2. The van der Waals surface area contributed by atoms with Gasteiger partial charge in [-0.2, -0.15) is 10.6 Å². The molecule has 2 aromatic carbocycles. The van der Waals surface area contributed by atoms with Crippen LogP contribution in [0, 0.1) is 6.92 Å². The van der Waals surface area contributed by atoms with E-state index in [1.165, 1.54) is 5.56 Å². The van der Waals surface area contributed by atoms with Gasteiger partial charge in [0.1, 0.15) is 5.82 Å². The zero-order chi connectivity index (χ0) is 20.9. The molecule has 0 amide bonds. The average molecular weight is 425 g/mol. The van der Waals surface area contributed by atoms with Crippen LogP contribution in [0.5, 0.6) is 0 Å². The molecule has 1 unspecified atom stereocenters. The summed E-state index contributed by atoms with van der Waals surface area (Å²) in [7, 11) is -2.80. The Hall–Kier alpha value is -2.32. The highest BCUT2D eigenvalue weighted by Gasteiger charge is 2.28. The van der Waals surface area contributed by atoms with Crippen LogP contribution < -0.4 is 15.5 Å². The molecular weight excluding hydrogens is 396 g/mol. The highest BCUT2D eigenvalue weighted by Crippen LogP contribution is 2.51. The van der Waals surface area contributed by atoms with Crippen LogP contribution in [-0.4, -0.2) is 45.5 Å². The van der Waals surface area contributed by atoms with Gasteiger partial charge in [0.15, 0.2) is 0 Å². The minimum absolute atomic E-state index is 0.194. The van der Waals surface area contributed by atoms with E-state index in [0.717, 1.165) is 47.5 Å². The SMILES string of the molecule is Cc1ccc2nc(N3CCS(O)(O)c4ccccc4C3)cc(N3CCC(N)C3)c2c1. The van der Waals surface area contributed by atoms with Crippen LogP contribution in [0.4, 0.5) is 11.5 Å². The molecule has 3 heterocycles. The van der Waals surface area contributed by atoms with Crippen molar-refractivity contribution in [1.82, 2.24) is 4.98 Å². The van der Waals surface area contributed by atoms with Crippen molar-refractivity contribution in [2.24, 2.45) is 5.73 Å². The second-order valence-corrected chi connectivity index (χ2v) is 10.6. The van der Waals surface area contributed by atoms with Crippen LogP contribution in [0.1, 0.15) is 17.5 Å². The number of pyridine rings is 1. The first-order chi connectivity index (χ1) is 14.4. The van der Waals surface area contributed by atoms with Gasteiger partial charge < -0.3 is 15.5 Å². The maximum atomic E-state index is 10.7. The molecule has 4 N–H and O–H groups in total. The molecule has 1 fully saturated rings. The number of hydrogen-bond donors (Lipinski definition) is 3. The molecule has 2 aliphatic rings. The van der Waals surface area contributed by atoms with E-state index in [9.17, 15) is 9.11 Å². The monoisotopic (exact) mass is 424 g/mol. The molecule has 0 aliphatic carbocycles. The van der Waals surface area contributed by atoms with Crippen molar-refractivity contribution in [3.05, 3.63) is 59.7 Å². The Morgan fingerprint density at radius 1 is 1.07 bits per heavy atom. The van der Waals surface area contributed by atoms with Crippen molar-refractivity contribution in [2.45, 2.75) is 30.8 Å². The Balaban J connectivity index is 1.60. The van der Waals surface area contributed by atoms with E-state index >= 15 is 0 Å². The largest absolute Gasteiger partial charge is 0.369 e. The Morgan fingerprint density at radius 3 is 2.70 bits per heavy atom. The third-order valence-electron chi connectivity index (χ3n) is 6.15. The van der Waals surface area contributed by atoms with Crippen LogP contribution in [0.15, 0.2) is 53.4 Å². The van der Waals surface area contributed by atoms with E-state index < -0.39 is 10.6 Å². The van der Waals surface area contributed by atoms with Crippen molar-refractivity contribution in [2.75, 3.05) is 35.2 Å². The third kappa shape index (κ3) is 3.52. The van der Waals surface area contributed by atoms with E-state index in [4.69, 9.17) is 10.7 Å². The van der Waals surface area contributed by atoms with Gasteiger partial charge in [0.05, 0.1) is 16.2 Å². The summed E-state index contributed by atoms with van der Waals surface area (Å²) in [6, 6.07) is 16.3. The summed E-state index contributed by atoms with van der Waals surface area (Å²) in [6.45, 7) is 5.03. The number of anilines is 2. The second kappa shape index (κ2) is 7.42. The summed E-state index contributed by atoms with van der Waals surface area (Å²) in [6.07, 6.45) is 0.989. The quantitative estimate of drug-likeness (QED) is 0.571. The molecule has 1 aromatic heterocycles. The molecule has 2 aliphatic heterocycles. The Bertz CT molecular complexity index is 1100. The lowest BCUT2D eigenvalue weighted by Crippen LogP contribution is -2.28. The number of hydrogen-bond acceptors (Lipinski definition) is 6. The van der Waals surface area contributed by atoms with Crippen molar-refractivity contribution in [3.8, 4) is 0 Å². The summed E-state index contributed by atoms with van der Waals surface area (Å²) < 4.78 is 21.4. The van der Waals surface area contributed by atoms with E-state index in [1.807, 2.05) is 24.3 Å². The van der Waals surface area contributed by atoms with Crippen molar-refractivity contribution in [3.63, 3.8) is 0 Å². The van der Waals surface area contributed by atoms with Gasteiger partial charge in [-0.25, -0.2) is 4.98 Å². The lowest BCUT2D eigenvalue weighted by molar-refractivity contribution is 0.488. The van der Waals surface area contributed by atoms with Crippen molar-refractivity contribution >= 4 is 33.0 Å². The molecule has 1 saturated heterocycles. The Kier molecular flexibility index (Phi) is 4.86. The number of aromatic nitrogens is 1. The molecule has 5 rings (SSSR count). The van der Waals surface area contributed by atoms with Gasteiger partial charge >= 0.3 is 0 Å². The van der Waals surface area contributed by atoms with E-state index in [-0.39, 0.29) is 6.04 Å². The molecule has 3 aromatic rings. The van der Waals surface area contributed by atoms with Gasteiger partial charge in [0, 0.05) is 49.4 Å². The maximum Gasteiger partial charge on any atom is 0.131 e. The predicted molar refractivity (Wildman–Crippen MR) is 125 cm³/mol. The topological polar surface area (TPSA) is 85.9 Å². The number of aryl methyl sites for hydroxylation is 1. The number of fused-ring (bicyclic) bond motifs is 2. The fourth-order valence-corrected chi connectivity index (χ4v) is 6.06. The third-order valence-corrected chi connectivity index (χ3v) is 8.00. The maximum absolute atomic E-state index is 10.7. The summed E-state index contributed by atoms with van der Waals surface area (Å²) in [5, 5.41) is 1.15. The van der Waals surface area contributed by atoms with Gasteiger partial charge in [0.2, 0.25) is 0 Å². The standard InChI is InChI=1S/C23H28N4O2S/c1-16-6-7-20-19(12-16)21(26-9-8-18(24)15-26)13-23(25-20)27-10-11-30(28,29)22-5-3-2-4-17(22)14-27/h2-7,12-13,18,28-29H,8-11,14-15,24H2,1H3. The fourth-order valence-electron chi connectivity index (χ4n) is 4.52. The zero-order valence-corrected chi connectivity index (χ0v) is 18.0. The van der Waals surface area contributed by atoms with Gasteiger partial charge in [-0.15, -0.1) is 0 Å².